The number of thioether (sulfide) groups is 1. The van der Waals surface area contributed by atoms with Crippen molar-refractivity contribution in [1.29, 1.82) is 0 Å². The molecule has 0 bridgehead atoms. The number of amides is 2. The number of carbonyl (C=O) groups excluding carboxylic acids is 2. The maximum Gasteiger partial charge on any atom is 0.262 e. The summed E-state index contributed by atoms with van der Waals surface area (Å²) in [4.78, 5) is 25.2. The lowest BCUT2D eigenvalue weighted by Crippen LogP contribution is -2.35. The highest BCUT2D eigenvalue weighted by molar-refractivity contribution is 7.98. The zero-order chi connectivity index (χ0) is 19.4. The SMILES string of the molecule is CSc1ccc(NC(=O)Cn2cc(NC(=O)C3CC(F)(F)CN3)cn2)cc1.Cl. The van der Waals surface area contributed by atoms with Gasteiger partial charge in [-0.1, -0.05) is 0 Å². The Morgan fingerprint density at radius 2 is 2.00 bits per heavy atom. The van der Waals surface area contributed by atoms with Crippen molar-refractivity contribution in [2.75, 3.05) is 23.4 Å². The van der Waals surface area contributed by atoms with Gasteiger partial charge in [-0.3, -0.25) is 19.6 Å². The maximum atomic E-state index is 13.2. The smallest absolute Gasteiger partial charge is 0.262 e. The van der Waals surface area contributed by atoms with E-state index in [4.69, 9.17) is 0 Å². The van der Waals surface area contributed by atoms with E-state index in [0.29, 0.717) is 11.4 Å². The highest BCUT2D eigenvalue weighted by atomic mass is 35.5. The van der Waals surface area contributed by atoms with Crippen LogP contribution in [0.25, 0.3) is 0 Å². The molecule has 28 heavy (non-hydrogen) atoms. The molecule has 3 rings (SSSR count). The summed E-state index contributed by atoms with van der Waals surface area (Å²) >= 11 is 1.61. The number of rotatable bonds is 6. The number of anilines is 2. The van der Waals surface area contributed by atoms with Gasteiger partial charge < -0.3 is 10.6 Å². The van der Waals surface area contributed by atoms with Crippen LogP contribution in [0.3, 0.4) is 0 Å². The van der Waals surface area contributed by atoms with E-state index in [0.717, 1.165) is 4.90 Å². The molecule has 1 aromatic carbocycles. The first-order valence-corrected chi connectivity index (χ1v) is 9.45. The third-order valence-electron chi connectivity index (χ3n) is 4.01. The third kappa shape index (κ3) is 5.91. The molecule has 1 aromatic heterocycles. The lowest BCUT2D eigenvalue weighted by atomic mass is 10.2. The Labute approximate surface area is 171 Å². The van der Waals surface area contributed by atoms with E-state index in [1.165, 1.54) is 17.1 Å². The Kier molecular flexibility index (Phi) is 7.39. The minimum atomic E-state index is -2.88. The summed E-state index contributed by atoms with van der Waals surface area (Å²) in [7, 11) is 0. The number of carbonyl (C=O) groups is 2. The summed E-state index contributed by atoms with van der Waals surface area (Å²) in [6.07, 6.45) is 4.27. The van der Waals surface area contributed by atoms with Crippen LogP contribution >= 0.6 is 24.2 Å². The second kappa shape index (κ2) is 9.35. The summed E-state index contributed by atoms with van der Waals surface area (Å²) < 4.78 is 27.7. The summed E-state index contributed by atoms with van der Waals surface area (Å²) in [5.41, 5.74) is 1.01. The first-order chi connectivity index (χ1) is 12.8. The van der Waals surface area contributed by atoms with Gasteiger partial charge in [0.1, 0.15) is 6.54 Å². The lowest BCUT2D eigenvalue weighted by molar-refractivity contribution is -0.118. The van der Waals surface area contributed by atoms with Crippen LogP contribution in [0.15, 0.2) is 41.6 Å². The van der Waals surface area contributed by atoms with Crippen molar-refractivity contribution < 1.29 is 18.4 Å². The molecule has 2 amide bonds. The van der Waals surface area contributed by atoms with Crippen LogP contribution in [-0.4, -0.2) is 46.4 Å². The van der Waals surface area contributed by atoms with Crippen molar-refractivity contribution in [2.24, 2.45) is 0 Å². The fourth-order valence-corrected chi connectivity index (χ4v) is 3.08. The molecule has 0 radical (unpaired) electrons. The summed E-state index contributed by atoms with van der Waals surface area (Å²) in [6, 6.07) is 6.48. The average Bonchev–Trinajstić information content (AvgIpc) is 3.21. The van der Waals surface area contributed by atoms with Gasteiger partial charge in [0.25, 0.3) is 5.92 Å². The first-order valence-electron chi connectivity index (χ1n) is 8.23. The Bertz CT molecular complexity index is 831. The van der Waals surface area contributed by atoms with Gasteiger partial charge in [0.2, 0.25) is 11.8 Å². The summed E-state index contributed by atoms with van der Waals surface area (Å²) in [6.45, 7) is -0.553. The van der Waals surface area contributed by atoms with Gasteiger partial charge in [-0.05, 0) is 30.5 Å². The molecule has 1 aliphatic rings. The molecule has 1 saturated heterocycles. The molecule has 7 nitrogen and oxygen atoms in total. The van der Waals surface area contributed by atoms with E-state index in [-0.39, 0.29) is 24.9 Å². The minimum absolute atomic E-state index is 0. The summed E-state index contributed by atoms with van der Waals surface area (Å²) in [5, 5.41) is 11.8. The number of nitrogens with one attached hydrogen (secondary N) is 3. The summed E-state index contributed by atoms with van der Waals surface area (Å²) in [5.74, 6) is -3.70. The Hall–Kier alpha value is -2.17. The molecule has 0 saturated carbocycles. The van der Waals surface area contributed by atoms with Crippen molar-refractivity contribution in [3.8, 4) is 0 Å². The Balaban J connectivity index is 0.00000280. The fourth-order valence-electron chi connectivity index (χ4n) is 2.67. The van der Waals surface area contributed by atoms with Gasteiger partial charge in [-0.15, -0.1) is 24.2 Å². The number of hydrogen-bond donors (Lipinski definition) is 3. The average molecular weight is 432 g/mol. The molecular weight excluding hydrogens is 412 g/mol. The van der Waals surface area contributed by atoms with Crippen LogP contribution in [0.2, 0.25) is 0 Å². The number of alkyl halides is 2. The quantitative estimate of drug-likeness (QED) is 0.612. The molecule has 11 heteroatoms. The van der Waals surface area contributed by atoms with Gasteiger partial charge in [0, 0.05) is 23.2 Å². The molecule has 152 valence electrons. The van der Waals surface area contributed by atoms with Crippen LogP contribution in [0, 0.1) is 0 Å². The highest BCUT2D eigenvalue weighted by Crippen LogP contribution is 2.25. The first kappa shape index (κ1) is 22.1. The van der Waals surface area contributed by atoms with Crippen LogP contribution < -0.4 is 16.0 Å². The predicted molar refractivity (Wildman–Crippen MR) is 106 cm³/mol. The van der Waals surface area contributed by atoms with E-state index in [9.17, 15) is 18.4 Å². The van der Waals surface area contributed by atoms with Gasteiger partial charge in [-0.2, -0.15) is 5.10 Å². The van der Waals surface area contributed by atoms with E-state index < -0.39 is 30.8 Å². The van der Waals surface area contributed by atoms with Gasteiger partial charge >= 0.3 is 0 Å². The van der Waals surface area contributed by atoms with Crippen LogP contribution in [0.1, 0.15) is 6.42 Å². The van der Waals surface area contributed by atoms with Gasteiger partial charge in [0.15, 0.2) is 0 Å². The molecule has 0 aliphatic carbocycles. The standard InChI is InChI=1S/C17H19F2N5O2S.ClH/c1-27-13-4-2-11(3-5-13)22-15(25)9-24-8-12(7-21-24)23-16(26)14-6-17(18,19)10-20-14;/h2-5,7-8,14,20H,6,9-10H2,1H3,(H,22,25)(H,23,26);1H. The van der Waals surface area contributed by atoms with Crippen LogP contribution in [-0.2, 0) is 16.1 Å². The van der Waals surface area contributed by atoms with Crippen molar-refractivity contribution in [3.63, 3.8) is 0 Å². The molecule has 1 unspecified atom stereocenters. The minimum Gasteiger partial charge on any atom is -0.324 e. The number of halogens is 3. The number of nitrogens with zero attached hydrogens (tertiary/aromatic N) is 2. The lowest BCUT2D eigenvalue weighted by Gasteiger charge is -2.09. The zero-order valence-electron chi connectivity index (χ0n) is 14.9. The third-order valence-corrected chi connectivity index (χ3v) is 4.75. The fraction of sp³-hybridized carbons (Fsp3) is 0.353. The van der Waals surface area contributed by atoms with Crippen LogP contribution in [0.5, 0.6) is 0 Å². The number of hydrogen-bond acceptors (Lipinski definition) is 5. The second-order valence-electron chi connectivity index (χ2n) is 6.19. The highest BCUT2D eigenvalue weighted by Gasteiger charge is 2.42. The molecule has 3 N–H and O–H groups in total. The predicted octanol–water partition coefficient (Wildman–Crippen LogP) is 2.60. The van der Waals surface area contributed by atoms with Gasteiger partial charge in [-0.25, -0.2) is 8.78 Å². The molecule has 0 spiro atoms. The Morgan fingerprint density at radius 1 is 1.29 bits per heavy atom. The van der Waals surface area contributed by atoms with Crippen molar-refractivity contribution >= 4 is 47.4 Å². The van der Waals surface area contributed by atoms with E-state index in [1.54, 1.807) is 11.8 Å². The van der Waals surface area contributed by atoms with E-state index in [2.05, 4.69) is 21.0 Å². The Morgan fingerprint density at radius 3 is 2.61 bits per heavy atom. The molecule has 1 fully saturated rings. The molecule has 2 heterocycles. The second-order valence-corrected chi connectivity index (χ2v) is 7.07. The zero-order valence-corrected chi connectivity index (χ0v) is 16.6. The molecular formula is C17H20ClF2N5O2S. The normalized spacial score (nSPS) is 17.6. The van der Waals surface area contributed by atoms with Crippen molar-refractivity contribution in [1.82, 2.24) is 15.1 Å². The van der Waals surface area contributed by atoms with Crippen molar-refractivity contribution in [3.05, 3.63) is 36.7 Å². The van der Waals surface area contributed by atoms with E-state index in [1.807, 2.05) is 30.5 Å². The van der Waals surface area contributed by atoms with Crippen LogP contribution in [0.4, 0.5) is 20.2 Å². The van der Waals surface area contributed by atoms with E-state index >= 15 is 0 Å². The molecule has 2 aromatic rings. The van der Waals surface area contributed by atoms with Gasteiger partial charge in [0.05, 0.1) is 24.5 Å². The number of aromatic nitrogens is 2. The topological polar surface area (TPSA) is 88.0 Å². The largest absolute Gasteiger partial charge is 0.324 e. The monoisotopic (exact) mass is 431 g/mol. The molecule has 1 atom stereocenters. The van der Waals surface area contributed by atoms with Crippen molar-refractivity contribution in [2.45, 2.75) is 29.8 Å². The number of benzene rings is 1. The maximum absolute atomic E-state index is 13.2. The molecule has 1 aliphatic heterocycles.